The maximum absolute atomic E-state index is 13.5. The third kappa shape index (κ3) is 7.83. The van der Waals surface area contributed by atoms with Crippen LogP contribution in [0.15, 0.2) is 71.7 Å². The summed E-state index contributed by atoms with van der Waals surface area (Å²) in [6.07, 6.45) is 4.12. The zero-order chi connectivity index (χ0) is 42.5. The van der Waals surface area contributed by atoms with Gasteiger partial charge < -0.3 is 19.9 Å². The van der Waals surface area contributed by atoms with E-state index in [1.807, 2.05) is 30.3 Å². The number of piperidine rings is 2. The highest BCUT2D eigenvalue weighted by Crippen LogP contribution is 2.55. The van der Waals surface area contributed by atoms with Crippen LogP contribution in [0, 0.1) is 28.1 Å². The molecule has 3 aliphatic heterocycles. The van der Waals surface area contributed by atoms with Crippen molar-refractivity contribution in [2.75, 3.05) is 49.1 Å². The average molecular weight is 833 g/mol. The molecule has 3 aromatic carbocycles. The lowest BCUT2D eigenvalue weighted by Crippen LogP contribution is -2.74. The van der Waals surface area contributed by atoms with Gasteiger partial charge >= 0.3 is 0 Å². The van der Waals surface area contributed by atoms with Gasteiger partial charge in [-0.25, -0.2) is 4.68 Å². The number of imide groups is 1. The van der Waals surface area contributed by atoms with Crippen LogP contribution in [-0.2, 0) is 9.59 Å². The van der Waals surface area contributed by atoms with E-state index in [2.05, 4.69) is 83.3 Å². The van der Waals surface area contributed by atoms with Crippen molar-refractivity contribution in [3.63, 3.8) is 0 Å². The second kappa shape index (κ2) is 16.2. The summed E-state index contributed by atoms with van der Waals surface area (Å²) >= 11 is 6.26. The first-order valence-corrected chi connectivity index (χ1v) is 21.4. The van der Waals surface area contributed by atoms with E-state index in [4.69, 9.17) is 16.3 Å². The lowest BCUT2D eigenvalue weighted by Gasteiger charge is -2.63. The van der Waals surface area contributed by atoms with Crippen LogP contribution in [-0.4, -0.2) is 89.9 Å². The van der Waals surface area contributed by atoms with Gasteiger partial charge in [-0.3, -0.25) is 29.4 Å². The molecule has 0 spiro atoms. The third-order valence-electron chi connectivity index (χ3n) is 13.4. The van der Waals surface area contributed by atoms with E-state index in [-0.39, 0.29) is 59.2 Å². The van der Waals surface area contributed by atoms with E-state index in [1.165, 1.54) is 4.68 Å². The Morgan fingerprint density at radius 3 is 2.33 bits per heavy atom. The zero-order valence-corrected chi connectivity index (χ0v) is 35.7. The number of amides is 3. The second-order valence-corrected chi connectivity index (χ2v) is 18.6. The number of benzene rings is 3. The van der Waals surface area contributed by atoms with Crippen molar-refractivity contribution in [2.24, 2.45) is 16.7 Å². The minimum atomic E-state index is -0.786. The van der Waals surface area contributed by atoms with E-state index in [1.54, 1.807) is 24.4 Å². The van der Waals surface area contributed by atoms with Gasteiger partial charge in [-0.05, 0) is 86.7 Å². The Morgan fingerprint density at radius 2 is 1.67 bits per heavy atom. The number of carbonyl (C=O) groups is 3. The van der Waals surface area contributed by atoms with Gasteiger partial charge in [0.2, 0.25) is 5.91 Å². The van der Waals surface area contributed by atoms with Crippen LogP contribution >= 0.6 is 11.6 Å². The minimum Gasteiger partial charge on any atom is -0.489 e. The fourth-order valence-corrected chi connectivity index (χ4v) is 10.6. The van der Waals surface area contributed by atoms with E-state index < -0.39 is 11.9 Å². The van der Waals surface area contributed by atoms with Crippen molar-refractivity contribution >= 4 is 51.5 Å². The van der Waals surface area contributed by atoms with Gasteiger partial charge in [0.1, 0.15) is 24.0 Å². The number of hydrogen-bond donors (Lipinski definition) is 2. The quantitative estimate of drug-likeness (QED) is 0.194. The third-order valence-corrected chi connectivity index (χ3v) is 13.7. The summed E-state index contributed by atoms with van der Waals surface area (Å²) in [5, 5.41) is 20.8. The van der Waals surface area contributed by atoms with Gasteiger partial charge in [-0.1, -0.05) is 39.3 Å². The second-order valence-electron chi connectivity index (χ2n) is 18.2. The number of ether oxygens (including phenoxy) is 1. The highest BCUT2D eigenvalue weighted by Gasteiger charge is 2.64. The lowest BCUT2D eigenvalue weighted by atomic mass is 9.49. The number of anilines is 2. The maximum atomic E-state index is 13.5. The summed E-state index contributed by atoms with van der Waals surface area (Å²) in [5.41, 5.74) is 2.20. The Bertz CT molecular complexity index is 2400. The molecule has 2 N–H and O–H groups in total. The van der Waals surface area contributed by atoms with Crippen molar-refractivity contribution in [2.45, 2.75) is 84.5 Å². The number of piperazine rings is 1. The maximum Gasteiger partial charge on any atom is 0.275 e. The van der Waals surface area contributed by atoms with Crippen LogP contribution in [0.3, 0.4) is 0 Å². The average Bonchev–Trinajstić information content (AvgIpc) is 3.22. The van der Waals surface area contributed by atoms with E-state index in [0.29, 0.717) is 33.2 Å². The van der Waals surface area contributed by atoms with Gasteiger partial charge in [0.15, 0.2) is 0 Å². The molecule has 4 aliphatic rings. The summed E-state index contributed by atoms with van der Waals surface area (Å²) in [4.78, 5) is 58.2. The molecular formula is C46H53ClN8O5. The Labute approximate surface area is 355 Å². The number of carbonyl (C=O) groups excluding carboxylic acids is 3. The van der Waals surface area contributed by atoms with Crippen molar-refractivity contribution in [3.8, 4) is 11.8 Å². The van der Waals surface area contributed by atoms with E-state index in [0.717, 1.165) is 68.9 Å². The number of nitrogens with zero attached hydrogens (tertiary/aromatic N) is 6. The van der Waals surface area contributed by atoms with Crippen molar-refractivity contribution in [1.82, 2.24) is 25.3 Å². The molecule has 2 atom stereocenters. The largest absolute Gasteiger partial charge is 0.489 e. The van der Waals surface area contributed by atoms with Crippen molar-refractivity contribution < 1.29 is 19.1 Å². The SMILES string of the molecule is C[C@@H]1CN(CC2CCN(c3ccc(C(=O)NC4C(C)(C)C(Oc5ccc(C#N)c(Cl)c5)C4(C)C)cc3)CC2)CCN1c1ccc2c(=O)n(C3CCC(=O)NC3=O)ncc2c1. The molecule has 4 heterocycles. The minimum absolute atomic E-state index is 0.102. The normalized spacial score (nSPS) is 24.4. The Morgan fingerprint density at radius 1 is 0.950 bits per heavy atom. The lowest BCUT2D eigenvalue weighted by molar-refractivity contribution is -0.164. The van der Waals surface area contributed by atoms with Gasteiger partial charge in [0, 0.05) is 97.0 Å². The number of nitriles is 1. The van der Waals surface area contributed by atoms with E-state index >= 15 is 0 Å². The van der Waals surface area contributed by atoms with Gasteiger partial charge in [0.25, 0.3) is 17.4 Å². The highest BCUT2D eigenvalue weighted by molar-refractivity contribution is 6.31. The molecule has 3 saturated heterocycles. The molecular weight excluding hydrogens is 780 g/mol. The van der Waals surface area contributed by atoms with Gasteiger partial charge in [-0.15, -0.1) is 0 Å². The fraction of sp³-hybridized carbons (Fsp3) is 0.478. The monoisotopic (exact) mass is 832 g/mol. The molecule has 1 aromatic heterocycles. The molecule has 4 aromatic rings. The number of aromatic nitrogens is 2. The van der Waals surface area contributed by atoms with Crippen molar-refractivity contribution in [1.29, 1.82) is 5.26 Å². The summed E-state index contributed by atoms with van der Waals surface area (Å²) in [6.45, 7) is 16.5. The Balaban J connectivity index is 0.806. The fourth-order valence-electron chi connectivity index (χ4n) is 10.4. The topological polar surface area (TPSA) is 153 Å². The molecule has 1 unspecified atom stereocenters. The highest BCUT2D eigenvalue weighted by atomic mass is 35.5. The number of nitrogens with one attached hydrogen (secondary N) is 2. The summed E-state index contributed by atoms with van der Waals surface area (Å²) in [7, 11) is 0. The molecule has 14 heteroatoms. The van der Waals surface area contributed by atoms with Gasteiger partial charge in [-0.2, -0.15) is 10.4 Å². The molecule has 60 heavy (non-hydrogen) atoms. The molecule has 3 amide bonds. The molecule has 4 fully saturated rings. The predicted molar refractivity (Wildman–Crippen MR) is 231 cm³/mol. The molecule has 8 rings (SSSR count). The number of rotatable bonds is 9. The summed E-state index contributed by atoms with van der Waals surface area (Å²) in [5.74, 6) is 0.297. The first kappa shape index (κ1) is 41.3. The molecule has 1 aliphatic carbocycles. The molecule has 0 radical (unpaired) electrons. The number of fused-ring (bicyclic) bond motifs is 1. The first-order chi connectivity index (χ1) is 28.6. The van der Waals surface area contributed by atoms with Crippen LogP contribution in [0.25, 0.3) is 10.8 Å². The number of hydrogen-bond acceptors (Lipinski definition) is 10. The van der Waals surface area contributed by atoms with Crippen LogP contribution < -0.4 is 30.7 Å². The molecule has 0 bridgehead atoms. The van der Waals surface area contributed by atoms with Crippen LogP contribution in [0.5, 0.6) is 5.75 Å². The first-order valence-electron chi connectivity index (χ1n) is 21.0. The van der Waals surface area contributed by atoms with Crippen LogP contribution in [0.1, 0.15) is 82.3 Å². The van der Waals surface area contributed by atoms with Gasteiger partial charge in [0.05, 0.1) is 22.2 Å². The Kier molecular flexibility index (Phi) is 11.1. The van der Waals surface area contributed by atoms with E-state index in [9.17, 15) is 24.4 Å². The molecule has 13 nitrogen and oxygen atoms in total. The molecule has 1 saturated carbocycles. The standard InChI is InChI=1S/C46H53ClN8O5/c1-28-26-52(20-21-54(28)34-11-13-36-32(22-34)25-49-55(42(36)59)38-14-15-39(56)50-41(38)58)27-29-16-18-53(19-17-29)33-9-6-30(7-10-33)40(57)51-43-45(2,3)44(46(43,4)5)60-35-12-8-31(24-48)37(47)23-35/h6-13,22-23,25,28-29,38,43-44H,14-21,26-27H2,1-5H3,(H,51,57)(H,50,56,58)/t28-,38?,43?,44?/m1/s1. The predicted octanol–water partition coefficient (Wildman–Crippen LogP) is 5.94. The molecule has 314 valence electrons. The van der Waals surface area contributed by atoms with Crippen LogP contribution in [0.2, 0.25) is 5.02 Å². The summed E-state index contributed by atoms with van der Waals surface area (Å²) < 4.78 is 7.60. The Hall–Kier alpha value is -5.45. The summed E-state index contributed by atoms with van der Waals surface area (Å²) in [6, 6.07) is 20.4. The number of halogens is 1. The smallest absolute Gasteiger partial charge is 0.275 e. The van der Waals surface area contributed by atoms with Crippen LogP contribution in [0.4, 0.5) is 11.4 Å². The zero-order valence-electron chi connectivity index (χ0n) is 34.9. The van der Waals surface area contributed by atoms with Crippen molar-refractivity contribution in [3.05, 3.63) is 93.4 Å².